The molecule has 0 spiro atoms. The number of nitrogens with zero attached hydrogens (tertiary/aromatic N) is 2. The molecule has 0 aliphatic carbocycles. The summed E-state index contributed by atoms with van der Waals surface area (Å²) in [5.41, 5.74) is 1.50. The minimum absolute atomic E-state index is 0.119. The molecular weight excluding hydrogens is 234 g/mol. The van der Waals surface area contributed by atoms with Gasteiger partial charge in [-0.25, -0.2) is 4.79 Å². The molecule has 0 unspecified atom stereocenters. The molecule has 0 atom stereocenters. The Kier molecular flexibility index (Phi) is 3.18. The number of nitrogens with one attached hydrogen (secondary N) is 1. The minimum Gasteiger partial charge on any atom is -0.507 e. The Morgan fingerprint density at radius 1 is 1.50 bits per heavy atom. The lowest BCUT2D eigenvalue weighted by molar-refractivity contribution is 0.0694. The molecule has 0 radical (unpaired) electrons. The van der Waals surface area contributed by atoms with Crippen molar-refractivity contribution in [1.29, 1.82) is 0 Å². The van der Waals surface area contributed by atoms with Gasteiger partial charge < -0.3 is 15.5 Å². The molecule has 18 heavy (non-hydrogen) atoms. The van der Waals surface area contributed by atoms with E-state index in [4.69, 9.17) is 5.11 Å². The molecule has 1 aromatic carbocycles. The second-order valence-corrected chi connectivity index (χ2v) is 3.91. The van der Waals surface area contributed by atoms with Crippen LogP contribution < -0.4 is 5.32 Å². The van der Waals surface area contributed by atoms with E-state index in [2.05, 4.69) is 10.4 Å². The van der Waals surface area contributed by atoms with Crippen LogP contribution in [0.25, 0.3) is 0 Å². The molecule has 0 bridgehead atoms. The first-order valence-electron chi connectivity index (χ1n) is 5.34. The highest BCUT2D eigenvalue weighted by Crippen LogP contribution is 2.21. The minimum atomic E-state index is -1.16. The predicted octanol–water partition coefficient (Wildman–Crippen LogP) is 1.44. The lowest BCUT2D eigenvalue weighted by atomic mass is 10.1. The molecule has 0 aliphatic heterocycles. The van der Waals surface area contributed by atoms with Gasteiger partial charge in [0, 0.05) is 31.0 Å². The topological polar surface area (TPSA) is 87.4 Å². The summed E-state index contributed by atoms with van der Waals surface area (Å²) in [7, 11) is 1.83. The number of aromatic nitrogens is 2. The standard InChI is InChI=1S/C12H13N3O3/c1-15-7-8(6-14-15)5-13-9-2-3-11(16)10(4-9)12(17)18/h2-4,6-7,13,16H,5H2,1H3,(H,17,18). The second-order valence-electron chi connectivity index (χ2n) is 3.91. The number of aromatic hydroxyl groups is 1. The maximum atomic E-state index is 10.9. The number of hydrogen-bond donors (Lipinski definition) is 3. The average molecular weight is 247 g/mol. The third-order valence-corrected chi connectivity index (χ3v) is 2.48. The highest BCUT2D eigenvalue weighted by molar-refractivity contribution is 5.91. The number of carbonyl (C=O) groups is 1. The van der Waals surface area contributed by atoms with E-state index in [1.165, 1.54) is 12.1 Å². The van der Waals surface area contributed by atoms with Crippen LogP contribution in [0.2, 0.25) is 0 Å². The van der Waals surface area contributed by atoms with E-state index in [0.29, 0.717) is 12.2 Å². The molecule has 2 rings (SSSR count). The van der Waals surface area contributed by atoms with Crippen molar-refractivity contribution < 1.29 is 15.0 Å². The molecule has 6 nitrogen and oxygen atoms in total. The second kappa shape index (κ2) is 4.79. The van der Waals surface area contributed by atoms with Crippen LogP contribution in [0.3, 0.4) is 0 Å². The Labute approximate surface area is 103 Å². The van der Waals surface area contributed by atoms with Gasteiger partial charge in [0.25, 0.3) is 0 Å². The van der Waals surface area contributed by atoms with Crippen molar-refractivity contribution >= 4 is 11.7 Å². The zero-order valence-corrected chi connectivity index (χ0v) is 9.79. The van der Waals surface area contributed by atoms with Gasteiger partial charge in [-0.1, -0.05) is 0 Å². The van der Waals surface area contributed by atoms with Crippen LogP contribution in [0.15, 0.2) is 30.6 Å². The zero-order chi connectivity index (χ0) is 13.1. The third kappa shape index (κ3) is 2.60. The van der Waals surface area contributed by atoms with Gasteiger partial charge in [-0.05, 0) is 18.2 Å². The lowest BCUT2D eigenvalue weighted by Gasteiger charge is -2.06. The van der Waals surface area contributed by atoms with Gasteiger partial charge in [0.2, 0.25) is 0 Å². The Balaban J connectivity index is 2.10. The molecule has 0 aliphatic rings. The first-order valence-corrected chi connectivity index (χ1v) is 5.34. The fraction of sp³-hybridized carbons (Fsp3) is 0.167. The molecule has 1 heterocycles. The number of aromatic carboxylic acids is 1. The zero-order valence-electron chi connectivity index (χ0n) is 9.79. The van der Waals surface area contributed by atoms with E-state index in [1.807, 2.05) is 13.2 Å². The third-order valence-electron chi connectivity index (χ3n) is 2.48. The lowest BCUT2D eigenvalue weighted by Crippen LogP contribution is -2.02. The number of phenols is 1. The highest BCUT2D eigenvalue weighted by atomic mass is 16.4. The average Bonchev–Trinajstić information content (AvgIpc) is 2.74. The van der Waals surface area contributed by atoms with E-state index < -0.39 is 5.97 Å². The van der Waals surface area contributed by atoms with E-state index in [-0.39, 0.29) is 11.3 Å². The quantitative estimate of drug-likeness (QED) is 0.711. The van der Waals surface area contributed by atoms with Gasteiger partial charge in [-0.3, -0.25) is 4.68 Å². The van der Waals surface area contributed by atoms with Crippen molar-refractivity contribution in [2.24, 2.45) is 7.05 Å². The Morgan fingerprint density at radius 2 is 2.28 bits per heavy atom. The van der Waals surface area contributed by atoms with E-state index in [1.54, 1.807) is 16.9 Å². The van der Waals surface area contributed by atoms with E-state index in [9.17, 15) is 9.90 Å². The van der Waals surface area contributed by atoms with Crippen molar-refractivity contribution in [1.82, 2.24) is 9.78 Å². The normalized spacial score (nSPS) is 10.3. The van der Waals surface area contributed by atoms with Crippen molar-refractivity contribution in [2.75, 3.05) is 5.32 Å². The molecule has 1 aromatic heterocycles. The van der Waals surface area contributed by atoms with Crippen LogP contribution in [-0.4, -0.2) is 26.0 Å². The monoisotopic (exact) mass is 247 g/mol. The molecule has 6 heteroatoms. The number of anilines is 1. The molecular formula is C12H13N3O3. The van der Waals surface area contributed by atoms with Gasteiger partial charge in [-0.2, -0.15) is 5.10 Å². The number of benzene rings is 1. The summed E-state index contributed by atoms with van der Waals surface area (Å²) in [4.78, 5) is 10.9. The number of carboxylic acids is 1. The summed E-state index contributed by atoms with van der Waals surface area (Å²) in [6.45, 7) is 0.539. The Hall–Kier alpha value is -2.50. The number of carboxylic acid groups (broad SMARTS) is 1. The summed E-state index contributed by atoms with van der Waals surface area (Å²) in [6.07, 6.45) is 3.59. The number of hydrogen-bond acceptors (Lipinski definition) is 4. The van der Waals surface area contributed by atoms with Crippen LogP contribution >= 0.6 is 0 Å². The number of aryl methyl sites for hydroxylation is 1. The van der Waals surface area contributed by atoms with Crippen LogP contribution in [-0.2, 0) is 13.6 Å². The van der Waals surface area contributed by atoms with Crippen LogP contribution in [0, 0.1) is 0 Å². The maximum absolute atomic E-state index is 10.9. The molecule has 3 N–H and O–H groups in total. The Morgan fingerprint density at radius 3 is 2.89 bits per heavy atom. The SMILES string of the molecule is Cn1cc(CNc2ccc(O)c(C(=O)O)c2)cn1. The first kappa shape index (κ1) is 12.0. The van der Waals surface area contributed by atoms with Crippen LogP contribution in [0.5, 0.6) is 5.75 Å². The van der Waals surface area contributed by atoms with Crippen molar-refractivity contribution in [3.05, 3.63) is 41.7 Å². The van der Waals surface area contributed by atoms with E-state index >= 15 is 0 Å². The summed E-state index contributed by atoms with van der Waals surface area (Å²) < 4.78 is 1.69. The maximum Gasteiger partial charge on any atom is 0.339 e. The highest BCUT2D eigenvalue weighted by Gasteiger charge is 2.09. The number of rotatable bonds is 4. The summed E-state index contributed by atoms with van der Waals surface area (Å²) >= 11 is 0. The summed E-state index contributed by atoms with van der Waals surface area (Å²) in [6, 6.07) is 4.38. The fourth-order valence-corrected chi connectivity index (χ4v) is 1.58. The van der Waals surface area contributed by atoms with Crippen molar-refractivity contribution in [3.63, 3.8) is 0 Å². The molecule has 0 saturated heterocycles. The molecule has 0 saturated carbocycles. The van der Waals surface area contributed by atoms with Gasteiger partial charge in [0.15, 0.2) is 0 Å². The van der Waals surface area contributed by atoms with Gasteiger partial charge in [-0.15, -0.1) is 0 Å². The first-order chi connectivity index (χ1) is 8.56. The molecule has 0 amide bonds. The molecule has 2 aromatic rings. The predicted molar refractivity (Wildman–Crippen MR) is 65.6 cm³/mol. The smallest absolute Gasteiger partial charge is 0.339 e. The summed E-state index contributed by atoms with van der Waals surface area (Å²) in [5.74, 6) is -1.40. The molecule has 0 fully saturated rings. The summed E-state index contributed by atoms with van der Waals surface area (Å²) in [5, 5.41) is 25.3. The van der Waals surface area contributed by atoms with Crippen LogP contribution in [0.1, 0.15) is 15.9 Å². The fourth-order valence-electron chi connectivity index (χ4n) is 1.58. The van der Waals surface area contributed by atoms with Crippen LogP contribution in [0.4, 0.5) is 5.69 Å². The van der Waals surface area contributed by atoms with Crippen molar-refractivity contribution in [2.45, 2.75) is 6.54 Å². The van der Waals surface area contributed by atoms with Gasteiger partial charge >= 0.3 is 5.97 Å². The Bertz CT molecular complexity index is 578. The van der Waals surface area contributed by atoms with Gasteiger partial charge in [0.1, 0.15) is 11.3 Å². The molecule has 94 valence electrons. The van der Waals surface area contributed by atoms with Crippen molar-refractivity contribution in [3.8, 4) is 5.75 Å². The van der Waals surface area contributed by atoms with Gasteiger partial charge in [0.05, 0.1) is 6.20 Å². The van der Waals surface area contributed by atoms with E-state index in [0.717, 1.165) is 5.56 Å². The largest absolute Gasteiger partial charge is 0.507 e.